The Morgan fingerprint density at radius 2 is 2.16 bits per heavy atom. The van der Waals surface area contributed by atoms with Crippen molar-refractivity contribution in [2.45, 2.75) is 51.1 Å². The molecule has 4 nitrogen and oxygen atoms in total. The second-order valence-corrected chi connectivity index (χ2v) is 8.00. The Bertz CT molecular complexity index is 855. The molecule has 2 aromatic rings. The van der Waals surface area contributed by atoms with E-state index in [0.29, 0.717) is 6.04 Å². The molecule has 1 aromatic carbocycles. The minimum atomic E-state index is -0.187. The Morgan fingerprint density at radius 1 is 1.32 bits per heavy atom. The zero-order valence-corrected chi connectivity index (χ0v) is 15.1. The number of aromatic nitrogens is 1. The highest BCUT2D eigenvalue weighted by Crippen LogP contribution is 2.59. The maximum absolute atomic E-state index is 12.8. The van der Waals surface area contributed by atoms with Gasteiger partial charge in [-0.1, -0.05) is 25.1 Å². The van der Waals surface area contributed by atoms with Gasteiger partial charge in [0.25, 0.3) is 0 Å². The monoisotopic (exact) mass is 338 g/mol. The number of hydrogen-bond donors (Lipinski definition) is 0. The number of fused-ring (bicyclic) bond motifs is 3. The molecule has 5 rings (SSSR count). The molecular formula is C21H26N2O2. The van der Waals surface area contributed by atoms with Crippen LogP contribution in [0.25, 0.3) is 10.9 Å². The minimum Gasteiger partial charge on any atom is -0.467 e. The van der Waals surface area contributed by atoms with E-state index in [-0.39, 0.29) is 17.4 Å². The molecule has 132 valence electrons. The van der Waals surface area contributed by atoms with E-state index in [1.165, 1.54) is 48.7 Å². The third-order valence-corrected chi connectivity index (χ3v) is 7.12. The highest BCUT2D eigenvalue weighted by Gasteiger charge is 2.54. The Morgan fingerprint density at radius 3 is 2.96 bits per heavy atom. The van der Waals surface area contributed by atoms with Gasteiger partial charge in [-0.15, -0.1) is 0 Å². The van der Waals surface area contributed by atoms with Crippen molar-refractivity contribution in [1.29, 1.82) is 0 Å². The number of esters is 1. The predicted octanol–water partition coefficient (Wildman–Crippen LogP) is 3.85. The smallest absolute Gasteiger partial charge is 0.328 e. The Labute approximate surface area is 148 Å². The van der Waals surface area contributed by atoms with Crippen LogP contribution in [0.1, 0.15) is 55.9 Å². The van der Waals surface area contributed by atoms with Crippen LogP contribution in [-0.2, 0) is 16.0 Å². The molecular weight excluding hydrogens is 312 g/mol. The van der Waals surface area contributed by atoms with E-state index in [9.17, 15) is 4.79 Å². The summed E-state index contributed by atoms with van der Waals surface area (Å²) >= 11 is 0. The van der Waals surface area contributed by atoms with Gasteiger partial charge in [0.05, 0.1) is 13.2 Å². The molecule has 4 heteroatoms. The highest BCUT2D eigenvalue weighted by atomic mass is 16.5. The Balaban J connectivity index is 1.84. The molecule has 0 bridgehead atoms. The SMILES string of the molecule is CC[C@]12CCCN3CCc4c(n(c5ccccc45)C(C(=O)OC)C1)[C@@H]32. The molecule has 0 N–H and O–H groups in total. The number of methoxy groups -OCH3 is 1. The summed E-state index contributed by atoms with van der Waals surface area (Å²) in [6.45, 7) is 4.65. The molecule has 0 saturated carbocycles. The first-order valence-electron chi connectivity index (χ1n) is 9.64. The van der Waals surface area contributed by atoms with Gasteiger partial charge in [0, 0.05) is 23.1 Å². The lowest BCUT2D eigenvalue weighted by atomic mass is 9.63. The normalized spacial score (nSPS) is 31.0. The third kappa shape index (κ3) is 1.89. The first-order valence-corrected chi connectivity index (χ1v) is 9.64. The van der Waals surface area contributed by atoms with E-state index in [1.807, 2.05) is 0 Å². The van der Waals surface area contributed by atoms with Crippen molar-refractivity contribution < 1.29 is 9.53 Å². The van der Waals surface area contributed by atoms with Crippen LogP contribution >= 0.6 is 0 Å². The zero-order chi connectivity index (χ0) is 17.2. The maximum Gasteiger partial charge on any atom is 0.328 e. The quantitative estimate of drug-likeness (QED) is 0.780. The fraction of sp³-hybridized carbons (Fsp3) is 0.571. The van der Waals surface area contributed by atoms with Crippen LogP contribution in [0.3, 0.4) is 0 Å². The summed E-state index contributed by atoms with van der Waals surface area (Å²) < 4.78 is 7.59. The van der Waals surface area contributed by atoms with Crippen LogP contribution in [-0.4, -0.2) is 35.6 Å². The van der Waals surface area contributed by atoms with Gasteiger partial charge in [0.15, 0.2) is 0 Å². The van der Waals surface area contributed by atoms with E-state index < -0.39 is 0 Å². The van der Waals surface area contributed by atoms with Crippen molar-refractivity contribution in [1.82, 2.24) is 9.47 Å². The summed E-state index contributed by atoms with van der Waals surface area (Å²) in [4.78, 5) is 15.5. The Hall–Kier alpha value is -1.81. The van der Waals surface area contributed by atoms with Gasteiger partial charge < -0.3 is 9.30 Å². The van der Waals surface area contributed by atoms with Crippen molar-refractivity contribution in [3.8, 4) is 0 Å². The van der Waals surface area contributed by atoms with Crippen LogP contribution < -0.4 is 0 Å². The number of piperidine rings is 1. The summed E-state index contributed by atoms with van der Waals surface area (Å²) in [7, 11) is 1.53. The van der Waals surface area contributed by atoms with Gasteiger partial charge in [-0.25, -0.2) is 4.79 Å². The average Bonchev–Trinajstić information content (AvgIpc) is 3.01. The van der Waals surface area contributed by atoms with Crippen LogP contribution in [0, 0.1) is 5.41 Å². The van der Waals surface area contributed by atoms with Crippen LogP contribution in [0.4, 0.5) is 0 Å². The predicted molar refractivity (Wildman–Crippen MR) is 97.6 cm³/mol. The molecule has 1 fully saturated rings. The number of carbonyl (C=O) groups excluding carboxylic acids is 1. The fourth-order valence-electron chi connectivity index (χ4n) is 6.02. The van der Waals surface area contributed by atoms with Crippen LogP contribution in [0.15, 0.2) is 24.3 Å². The molecule has 0 amide bonds. The maximum atomic E-state index is 12.8. The van der Waals surface area contributed by atoms with Crippen molar-refractivity contribution in [2.75, 3.05) is 20.2 Å². The lowest BCUT2D eigenvalue weighted by Gasteiger charge is -2.56. The van der Waals surface area contributed by atoms with Gasteiger partial charge >= 0.3 is 5.97 Å². The summed E-state index contributed by atoms with van der Waals surface area (Å²) in [5.74, 6) is -0.0856. The minimum absolute atomic E-state index is 0.0856. The molecule has 3 atom stereocenters. The van der Waals surface area contributed by atoms with Crippen molar-refractivity contribution in [2.24, 2.45) is 5.41 Å². The zero-order valence-electron chi connectivity index (χ0n) is 15.1. The van der Waals surface area contributed by atoms with Crippen molar-refractivity contribution in [3.63, 3.8) is 0 Å². The number of hydrogen-bond acceptors (Lipinski definition) is 3. The van der Waals surface area contributed by atoms with Gasteiger partial charge in [0.1, 0.15) is 6.04 Å². The molecule has 1 aromatic heterocycles. The first kappa shape index (κ1) is 15.4. The average molecular weight is 338 g/mol. The standard InChI is InChI=1S/C21H26N2O2/c1-3-21-10-6-11-22-12-9-15-14-7-4-5-8-16(14)23(18(15)19(21)22)17(13-21)20(24)25-2/h4-5,7-8,17,19H,3,6,9-13H2,1-2H3/t17?,19-,21+/m1/s1. The number of rotatable bonds is 2. The second-order valence-electron chi connectivity index (χ2n) is 8.00. The van der Waals surface area contributed by atoms with Gasteiger partial charge in [-0.2, -0.15) is 0 Å². The largest absolute Gasteiger partial charge is 0.467 e. The molecule has 3 aliphatic heterocycles. The van der Waals surface area contributed by atoms with Crippen LogP contribution in [0.2, 0.25) is 0 Å². The molecule has 0 spiro atoms. The number of nitrogens with zero attached hydrogens (tertiary/aromatic N) is 2. The van der Waals surface area contributed by atoms with E-state index in [0.717, 1.165) is 25.8 Å². The molecule has 4 heterocycles. The fourth-order valence-corrected chi connectivity index (χ4v) is 6.02. The summed E-state index contributed by atoms with van der Waals surface area (Å²) in [6, 6.07) is 8.90. The molecule has 3 aliphatic rings. The summed E-state index contributed by atoms with van der Waals surface area (Å²) in [5.41, 5.74) is 4.30. The molecule has 0 aliphatic carbocycles. The number of benzene rings is 1. The van der Waals surface area contributed by atoms with Crippen molar-refractivity contribution >= 4 is 16.9 Å². The summed E-state index contributed by atoms with van der Waals surface area (Å²) in [5, 5.41) is 1.34. The molecule has 1 saturated heterocycles. The van der Waals surface area contributed by atoms with Gasteiger partial charge in [-0.3, -0.25) is 4.90 Å². The summed E-state index contributed by atoms with van der Waals surface area (Å²) in [6.07, 6.45) is 5.59. The molecule has 1 unspecified atom stereocenters. The van der Waals surface area contributed by atoms with E-state index in [2.05, 4.69) is 40.7 Å². The highest BCUT2D eigenvalue weighted by molar-refractivity contribution is 5.89. The van der Waals surface area contributed by atoms with Gasteiger partial charge in [0.2, 0.25) is 0 Å². The molecule has 25 heavy (non-hydrogen) atoms. The Kier molecular flexibility index (Phi) is 3.30. The number of ether oxygens (including phenoxy) is 1. The first-order chi connectivity index (χ1) is 12.2. The number of para-hydroxylation sites is 1. The second kappa shape index (κ2) is 5.34. The lowest BCUT2D eigenvalue weighted by Crippen LogP contribution is -2.53. The lowest BCUT2D eigenvalue weighted by molar-refractivity contribution is -0.149. The van der Waals surface area contributed by atoms with Crippen LogP contribution in [0.5, 0.6) is 0 Å². The topological polar surface area (TPSA) is 34.5 Å². The van der Waals surface area contributed by atoms with E-state index in [4.69, 9.17) is 4.74 Å². The van der Waals surface area contributed by atoms with E-state index >= 15 is 0 Å². The van der Waals surface area contributed by atoms with Gasteiger partial charge in [-0.05, 0) is 55.7 Å². The third-order valence-electron chi connectivity index (χ3n) is 7.12. The molecule has 0 radical (unpaired) electrons. The number of carbonyl (C=O) groups is 1. The van der Waals surface area contributed by atoms with E-state index in [1.54, 1.807) is 0 Å². The van der Waals surface area contributed by atoms with Crippen molar-refractivity contribution in [3.05, 3.63) is 35.5 Å².